The Balaban J connectivity index is 2.61. The maximum atomic E-state index is 11.4. The van der Waals surface area contributed by atoms with Crippen LogP contribution < -0.4 is 0 Å². The Morgan fingerprint density at radius 1 is 0.882 bits per heavy atom. The predicted molar refractivity (Wildman–Crippen MR) is 65.1 cm³/mol. The average molecular weight is 225 g/mol. The molecule has 0 amide bonds. The highest BCUT2D eigenvalue weighted by Crippen LogP contribution is 2.28. The lowest BCUT2D eigenvalue weighted by Crippen LogP contribution is -1.99. The summed E-state index contributed by atoms with van der Waals surface area (Å²) >= 11 is 0. The Morgan fingerprint density at radius 2 is 1.35 bits per heavy atom. The summed E-state index contributed by atoms with van der Waals surface area (Å²) in [5, 5.41) is 10.6. The summed E-state index contributed by atoms with van der Waals surface area (Å²) in [5.41, 5.74) is 1.47. The fraction of sp³-hybridized carbons (Fsp3) is 0. The van der Waals surface area contributed by atoms with Crippen molar-refractivity contribution in [3.8, 4) is 0 Å². The minimum Gasteiger partial charge on any atom is -0.478 e. The number of carboxylic acids is 1. The Labute approximate surface area is 96.9 Å². The molecule has 0 fully saturated rings. The molecule has 0 aliphatic carbocycles. The number of para-hydroxylation sites is 2. The van der Waals surface area contributed by atoms with E-state index in [9.17, 15) is 9.90 Å². The van der Waals surface area contributed by atoms with Crippen molar-refractivity contribution in [3.63, 3.8) is 0 Å². The predicted octanol–water partition coefficient (Wildman–Crippen LogP) is 3.57. The zero-order valence-corrected chi connectivity index (χ0v) is 8.88. The van der Waals surface area contributed by atoms with E-state index in [-0.39, 0.29) is 0 Å². The van der Waals surface area contributed by atoms with Crippen LogP contribution >= 0.6 is 0 Å². The van der Waals surface area contributed by atoms with Crippen molar-refractivity contribution in [3.05, 3.63) is 54.1 Å². The maximum Gasteiger partial charge on any atom is 0.361 e. The van der Waals surface area contributed by atoms with Crippen molar-refractivity contribution in [2.75, 3.05) is 0 Å². The first-order chi connectivity index (χ1) is 8.27. The Bertz CT molecular complexity index is 678. The topological polar surface area (TPSA) is 48.6 Å². The fourth-order valence-corrected chi connectivity index (χ4v) is 2.02. The van der Waals surface area contributed by atoms with Crippen LogP contribution in [0.15, 0.2) is 52.9 Å². The molecule has 3 heteroatoms. The second-order valence-electron chi connectivity index (χ2n) is 3.77. The van der Waals surface area contributed by atoms with Crippen molar-refractivity contribution >= 4 is 27.9 Å². The van der Waals surface area contributed by atoms with Gasteiger partial charge in [0, 0.05) is 12.1 Å². The van der Waals surface area contributed by atoms with Gasteiger partial charge in [0.2, 0.25) is 0 Å². The third kappa shape index (κ3) is 1.44. The van der Waals surface area contributed by atoms with Crippen LogP contribution in [0.2, 0.25) is 0 Å². The molecule has 0 bridgehead atoms. The van der Waals surface area contributed by atoms with E-state index in [1.165, 1.54) is 0 Å². The molecular weight excluding hydrogens is 216 g/mol. The Morgan fingerprint density at radius 3 is 1.82 bits per heavy atom. The minimum atomic E-state index is -0.937. The summed E-state index contributed by atoms with van der Waals surface area (Å²) < 4.78 is 5.67. The van der Waals surface area contributed by atoms with E-state index in [0.717, 1.165) is 0 Å². The van der Waals surface area contributed by atoms with Gasteiger partial charge in [-0.05, 0) is 12.1 Å². The molecule has 0 aliphatic heterocycles. The lowest BCUT2D eigenvalue weighted by Gasteiger charge is -1.98. The summed E-state index contributed by atoms with van der Waals surface area (Å²) in [6.07, 6.45) is 0. The SMILES string of the molecule is O=C(O)c1c2ccccc2[o+]c2ccccc12. The highest BCUT2D eigenvalue weighted by Gasteiger charge is 2.21. The van der Waals surface area contributed by atoms with Crippen molar-refractivity contribution in [2.24, 2.45) is 0 Å². The lowest BCUT2D eigenvalue weighted by molar-refractivity contribution is 0.0701. The van der Waals surface area contributed by atoms with Gasteiger partial charge in [-0.2, -0.15) is 0 Å². The van der Waals surface area contributed by atoms with Gasteiger partial charge in [-0.1, -0.05) is 24.3 Å². The summed E-state index contributed by atoms with van der Waals surface area (Å²) in [6, 6.07) is 14.3. The van der Waals surface area contributed by atoms with Crippen LogP contribution in [0.4, 0.5) is 0 Å². The summed E-state index contributed by atoms with van der Waals surface area (Å²) in [7, 11) is 0. The largest absolute Gasteiger partial charge is 0.478 e. The molecular formula is C14H9O3+. The molecule has 0 spiro atoms. The second-order valence-corrected chi connectivity index (χ2v) is 3.77. The molecule has 0 aliphatic rings. The second kappa shape index (κ2) is 3.56. The Hall–Kier alpha value is -2.42. The van der Waals surface area contributed by atoms with E-state index in [1.807, 2.05) is 12.1 Å². The summed E-state index contributed by atoms with van der Waals surface area (Å²) in [5.74, 6) is -0.937. The minimum absolute atomic E-state index is 0.294. The number of carbonyl (C=O) groups is 1. The molecule has 1 aromatic heterocycles. The number of hydrogen-bond donors (Lipinski definition) is 1. The number of hydrogen-bond acceptors (Lipinski definition) is 1. The van der Waals surface area contributed by atoms with E-state index in [2.05, 4.69) is 0 Å². The zero-order valence-electron chi connectivity index (χ0n) is 8.88. The van der Waals surface area contributed by atoms with Crippen molar-refractivity contribution < 1.29 is 14.3 Å². The van der Waals surface area contributed by atoms with Crippen LogP contribution in [0.25, 0.3) is 21.9 Å². The maximum absolute atomic E-state index is 11.4. The van der Waals surface area contributed by atoms with Gasteiger partial charge in [-0.15, -0.1) is 0 Å². The van der Waals surface area contributed by atoms with E-state index in [0.29, 0.717) is 27.5 Å². The molecule has 1 N–H and O–H groups in total. The molecule has 82 valence electrons. The van der Waals surface area contributed by atoms with Gasteiger partial charge < -0.3 is 5.11 Å². The molecule has 3 rings (SSSR count). The Kier molecular flexibility index (Phi) is 2.05. The highest BCUT2D eigenvalue weighted by molar-refractivity contribution is 6.12. The van der Waals surface area contributed by atoms with Crippen LogP contribution in [0, 0.1) is 0 Å². The molecule has 0 unspecified atom stereocenters. The van der Waals surface area contributed by atoms with Gasteiger partial charge in [0.15, 0.2) is 0 Å². The molecule has 0 radical (unpaired) electrons. The third-order valence-corrected chi connectivity index (χ3v) is 2.75. The van der Waals surface area contributed by atoms with Crippen LogP contribution in [-0.2, 0) is 0 Å². The van der Waals surface area contributed by atoms with Crippen LogP contribution in [-0.4, -0.2) is 11.1 Å². The van der Waals surface area contributed by atoms with E-state index >= 15 is 0 Å². The lowest BCUT2D eigenvalue weighted by atomic mass is 10.0. The molecule has 1 heterocycles. The highest BCUT2D eigenvalue weighted by atomic mass is 16.4. The molecule has 3 nitrogen and oxygen atoms in total. The number of aromatic carboxylic acids is 1. The smallest absolute Gasteiger partial charge is 0.361 e. The van der Waals surface area contributed by atoms with Crippen LogP contribution in [0.3, 0.4) is 0 Å². The fourth-order valence-electron chi connectivity index (χ4n) is 2.02. The van der Waals surface area contributed by atoms with Crippen LogP contribution in [0.1, 0.15) is 10.4 Å². The van der Waals surface area contributed by atoms with Gasteiger partial charge in [0.25, 0.3) is 0 Å². The number of fused-ring (bicyclic) bond motifs is 2. The van der Waals surface area contributed by atoms with Crippen molar-refractivity contribution in [2.45, 2.75) is 0 Å². The molecule has 17 heavy (non-hydrogen) atoms. The normalized spacial score (nSPS) is 10.8. The van der Waals surface area contributed by atoms with Crippen molar-refractivity contribution in [1.29, 1.82) is 0 Å². The van der Waals surface area contributed by atoms with Gasteiger partial charge in [-0.25, -0.2) is 9.21 Å². The zero-order chi connectivity index (χ0) is 11.8. The van der Waals surface area contributed by atoms with Crippen molar-refractivity contribution in [1.82, 2.24) is 0 Å². The van der Waals surface area contributed by atoms with Gasteiger partial charge in [-0.3, -0.25) is 0 Å². The molecule has 3 aromatic rings. The first-order valence-electron chi connectivity index (χ1n) is 5.24. The quantitative estimate of drug-likeness (QED) is 0.508. The molecule has 0 saturated heterocycles. The third-order valence-electron chi connectivity index (χ3n) is 2.75. The number of benzene rings is 2. The first kappa shape index (κ1) is 9.78. The van der Waals surface area contributed by atoms with E-state index in [4.69, 9.17) is 4.42 Å². The van der Waals surface area contributed by atoms with E-state index < -0.39 is 5.97 Å². The van der Waals surface area contributed by atoms with E-state index in [1.54, 1.807) is 36.4 Å². The number of carboxylic acid groups (broad SMARTS) is 1. The van der Waals surface area contributed by atoms with Crippen LogP contribution in [0.5, 0.6) is 0 Å². The molecule has 0 atom stereocenters. The standard InChI is InChI=1S/C14H8O3/c15-14(16)13-9-5-1-3-7-11(9)17-12-8-4-2-6-10(12)13/h1-8H/p+1. The number of rotatable bonds is 1. The average Bonchev–Trinajstić information content (AvgIpc) is 2.35. The molecule has 2 aromatic carbocycles. The monoisotopic (exact) mass is 225 g/mol. The molecule has 0 saturated carbocycles. The summed E-state index contributed by atoms with van der Waals surface area (Å²) in [6.45, 7) is 0. The van der Waals surface area contributed by atoms with Gasteiger partial charge in [0.1, 0.15) is 0 Å². The summed E-state index contributed by atoms with van der Waals surface area (Å²) in [4.78, 5) is 11.4. The van der Waals surface area contributed by atoms with Gasteiger partial charge in [0.05, 0.1) is 16.3 Å². The van der Waals surface area contributed by atoms with Gasteiger partial charge >= 0.3 is 17.1 Å². The first-order valence-corrected chi connectivity index (χ1v) is 5.24.